The van der Waals surface area contributed by atoms with E-state index in [9.17, 15) is 0 Å². The fraction of sp³-hybridized carbons (Fsp3) is 0.500. The second-order valence-corrected chi connectivity index (χ2v) is 3.70. The zero-order valence-corrected chi connectivity index (χ0v) is 9.81. The number of hydrogen-bond donors (Lipinski definition) is 0. The summed E-state index contributed by atoms with van der Waals surface area (Å²) < 4.78 is 0. The first-order chi connectivity index (χ1) is 7.18. The molecule has 1 rings (SSSR count). The predicted molar refractivity (Wildman–Crippen MR) is 65.4 cm³/mol. The summed E-state index contributed by atoms with van der Waals surface area (Å²) >= 11 is 0. The van der Waals surface area contributed by atoms with E-state index < -0.39 is 0 Å². The Morgan fingerprint density at radius 1 is 1.60 bits per heavy atom. The van der Waals surface area contributed by atoms with Gasteiger partial charge in [0.2, 0.25) is 0 Å². The van der Waals surface area contributed by atoms with Crippen LogP contribution in [0.1, 0.15) is 6.92 Å². The van der Waals surface area contributed by atoms with Crippen LogP contribution in [-0.2, 0) is 4.79 Å². The molecule has 1 aliphatic rings. The second kappa shape index (κ2) is 8.12. The molecule has 0 aromatic rings. The maximum Gasteiger partial charge on any atom is 0.106 e. The molecule has 3 heteroatoms. The number of likely N-dealkylation sites (N-methyl/N-ethyl adjacent to an activating group) is 1. The van der Waals surface area contributed by atoms with Crippen LogP contribution in [0.25, 0.3) is 0 Å². The lowest BCUT2D eigenvalue weighted by Gasteiger charge is -2.10. The zero-order chi connectivity index (χ0) is 11.7. The molecule has 0 saturated carbocycles. The van der Waals surface area contributed by atoms with Gasteiger partial charge in [-0.2, -0.15) is 0 Å². The van der Waals surface area contributed by atoms with Crippen LogP contribution in [0.3, 0.4) is 0 Å². The van der Waals surface area contributed by atoms with Crippen molar-refractivity contribution in [1.82, 2.24) is 4.90 Å². The van der Waals surface area contributed by atoms with Crippen molar-refractivity contribution in [2.45, 2.75) is 6.92 Å². The highest BCUT2D eigenvalue weighted by Gasteiger charge is 2.02. The SMILES string of the molecule is C=O.CC1=NCC(/C=C/CN(C)C)C=C1. The minimum absolute atomic E-state index is 0.503. The number of carbonyl (C=O) groups excluding carboxylic acids is 1. The van der Waals surface area contributed by atoms with Gasteiger partial charge >= 0.3 is 0 Å². The molecule has 1 heterocycles. The summed E-state index contributed by atoms with van der Waals surface area (Å²) in [6.07, 6.45) is 8.74. The second-order valence-electron chi connectivity index (χ2n) is 3.70. The van der Waals surface area contributed by atoms with Crippen LogP contribution < -0.4 is 0 Å². The smallest absolute Gasteiger partial charge is 0.106 e. The van der Waals surface area contributed by atoms with Crippen LogP contribution in [0.2, 0.25) is 0 Å². The zero-order valence-electron chi connectivity index (χ0n) is 9.81. The van der Waals surface area contributed by atoms with E-state index in [4.69, 9.17) is 4.79 Å². The summed E-state index contributed by atoms with van der Waals surface area (Å²) in [5, 5.41) is 0. The Balaban J connectivity index is 0.000000921. The van der Waals surface area contributed by atoms with Gasteiger partial charge in [0.05, 0.1) is 0 Å². The van der Waals surface area contributed by atoms with Gasteiger partial charge in [-0.25, -0.2) is 0 Å². The molecule has 3 nitrogen and oxygen atoms in total. The molecule has 0 fully saturated rings. The molecule has 0 N–H and O–H groups in total. The Hall–Kier alpha value is -1.22. The number of aliphatic imine (C=N–C) groups is 1. The predicted octanol–water partition coefficient (Wildman–Crippen LogP) is 1.57. The summed E-state index contributed by atoms with van der Waals surface area (Å²) in [6, 6.07) is 0. The van der Waals surface area contributed by atoms with Gasteiger partial charge in [0, 0.05) is 24.7 Å². The molecule has 0 aromatic carbocycles. The molecule has 0 radical (unpaired) electrons. The first-order valence-electron chi connectivity index (χ1n) is 4.98. The number of hydrogen-bond acceptors (Lipinski definition) is 3. The molecular weight excluding hydrogens is 188 g/mol. The summed E-state index contributed by atoms with van der Waals surface area (Å²) in [5.41, 5.74) is 1.14. The minimum atomic E-state index is 0.503. The highest BCUT2D eigenvalue weighted by molar-refractivity contribution is 5.93. The Kier molecular flexibility index (Phi) is 7.46. The summed E-state index contributed by atoms with van der Waals surface area (Å²) in [4.78, 5) is 14.5. The molecule has 0 aromatic heterocycles. The van der Waals surface area contributed by atoms with E-state index in [0.717, 1.165) is 18.8 Å². The monoisotopic (exact) mass is 208 g/mol. The van der Waals surface area contributed by atoms with Gasteiger partial charge in [-0.3, -0.25) is 4.99 Å². The van der Waals surface area contributed by atoms with Crippen LogP contribution in [0.15, 0.2) is 29.3 Å². The number of carbonyl (C=O) groups is 1. The largest absolute Gasteiger partial charge is 0.307 e. The molecule has 0 aliphatic carbocycles. The fourth-order valence-electron chi connectivity index (χ4n) is 1.20. The van der Waals surface area contributed by atoms with Gasteiger partial charge in [0.25, 0.3) is 0 Å². The van der Waals surface area contributed by atoms with Crippen molar-refractivity contribution in [1.29, 1.82) is 0 Å². The van der Waals surface area contributed by atoms with Crippen molar-refractivity contribution in [3.63, 3.8) is 0 Å². The van der Waals surface area contributed by atoms with E-state index in [0.29, 0.717) is 5.92 Å². The van der Waals surface area contributed by atoms with Gasteiger partial charge in [0.1, 0.15) is 6.79 Å². The number of dihydropyridines is 1. The van der Waals surface area contributed by atoms with Crippen molar-refractivity contribution in [2.75, 3.05) is 27.2 Å². The third-order valence-corrected chi connectivity index (χ3v) is 1.99. The van der Waals surface area contributed by atoms with Crippen molar-refractivity contribution in [3.8, 4) is 0 Å². The van der Waals surface area contributed by atoms with Crippen molar-refractivity contribution in [2.24, 2.45) is 10.9 Å². The Morgan fingerprint density at radius 3 is 2.73 bits per heavy atom. The lowest BCUT2D eigenvalue weighted by molar-refractivity contribution is -0.0979. The molecule has 1 atom stereocenters. The van der Waals surface area contributed by atoms with E-state index in [1.165, 1.54) is 0 Å². The normalized spacial score (nSPS) is 20.0. The van der Waals surface area contributed by atoms with E-state index in [1.54, 1.807) is 0 Å². The van der Waals surface area contributed by atoms with Crippen molar-refractivity contribution < 1.29 is 4.79 Å². The van der Waals surface area contributed by atoms with Crippen LogP contribution in [0.5, 0.6) is 0 Å². The molecule has 0 spiro atoms. The molecule has 1 unspecified atom stereocenters. The maximum atomic E-state index is 8.00. The molecule has 84 valence electrons. The minimum Gasteiger partial charge on any atom is -0.307 e. The standard InChI is InChI=1S/C11H18N2.CH2O/c1-10-6-7-11(9-12-10)5-4-8-13(2)3;1-2/h4-7,11H,8-9H2,1-3H3;1H2/b5-4+;. The molecule has 0 saturated heterocycles. The topological polar surface area (TPSA) is 32.7 Å². The number of allylic oxidation sites excluding steroid dienone is 1. The third-order valence-electron chi connectivity index (χ3n) is 1.99. The fourth-order valence-corrected chi connectivity index (χ4v) is 1.20. The molecule has 0 amide bonds. The third kappa shape index (κ3) is 6.80. The molecular formula is C12H20N2O. The number of rotatable bonds is 3. The Labute approximate surface area is 92.2 Å². The van der Waals surface area contributed by atoms with Crippen molar-refractivity contribution in [3.05, 3.63) is 24.3 Å². The highest BCUT2D eigenvalue weighted by atomic mass is 16.1. The quantitative estimate of drug-likeness (QED) is 0.659. The first-order valence-corrected chi connectivity index (χ1v) is 4.98. The van der Waals surface area contributed by atoms with Gasteiger partial charge in [0.15, 0.2) is 0 Å². The van der Waals surface area contributed by atoms with Crippen LogP contribution in [0, 0.1) is 5.92 Å². The summed E-state index contributed by atoms with van der Waals surface area (Å²) in [6.45, 7) is 5.95. The maximum absolute atomic E-state index is 8.00. The van der Waals surface area contributed by atoms with Gasteiger partial charge in [-0.1, -0.05) is 18.2 Å². The summed E-state index contributed by atoms with van der Waals surface area (Å²) in [7, 11) is 4.15. The van der Waals surface area contributed by atoms with E-state index in [2.05, 4.69) is 48.3 Å². The van der Waals surface area contributed by atoms with E-state index in [-0.39, 0.29) is 0 Å². The molecule has 0 bridgehead atoms. The average Bonchev–Trinajstić information content (AvgIpc) is 2.23. The molecule has 1 aliphatic heterocycles. The van der Waals surface area contributed by atoms with Crippen LogP contribution >= 0.6 is 0 Å². The van der Waals surface area contributed by atoms with E-state index in [1.807, 2.05) is 13.7 Å². The Morgan fingerprint density at radius 2 is 2.27 bits per heavy atom. The lowest BCUT2D eigenvalue weighted by atomic mass is 10.1. The van der Waals surface area contributed by atoms with Crippen molar-refractivity contribution >= 4 is 12.5 Å². The highest BCUT2D eigenvalue weighted by Crippen LogP contribution is 2.07. The lowest BCUT2D eigenvalue weighted by Crippen LogP contribution is -2.11. The average molecular weight is 208 g/mol. The van der Waals surface area contributed by atoms with Crippen LogP contribution in [-0.4, -0.2) is 44.6 Å². The first kappa shape index (κ1) is 13.8. The van der Waals surface area contributed by atoms with E-state index >= 15 is 0 Å². The summed E-state index contributed by atoms with van der Waals surface area (Å²) in [5.74, 6) is 0.503. The van der Waals surface area contributed by atoms with Crippen LogP contribution in [0.4, 0.5) is 0 Å². The number of nitrogens with zero attached hydrogens (tertiary/aromatic N) is 2. The Bertz CT molecular complexity index is 254. The van der Waals surface area contributed by atoms with Gasteiger partial charge < -0.3 is 9.69 Å². The van der Waals surface area contributed by atoms with Gasteiger partial charge in [-0.15, -0.1) is 0 Å². The molecule has 15 heavy (non-hydrogen) atoms. The van der Waals surface area contributed by atoms with Gasteiger partial charge in [-0.05, 0) is 27.1 Å².